The molecule has 37 heavy (non-hydrogen) atoms. The highest BCUT2D eigenvalue weighted by Gasteiger charge is 2.33. The minimum Gasteiger partial charge on any atom is -0.481 e. The average molecular weight is 572 g/mol. The van der Waals surface area contributed by atoms with Crippen molar-refractivity contribution >= 4 is 48.4 Å². The summed E-state index contributed by atoms with van der Waals surface area (Å²) in [5, 5.41) is 10.9. The molecule has 4 rings (SSSR count). The SMILES string of the molecule is Cc1ccc2c(c1)Oc1sc(SC(C)C)cc1C(N1CCN(CC(C)(C)C(=O)O)CC1)=N2.O=P(O)(O)O. The number of rotatable bonds is 5. The molecule has 2 aromatic rings. The van der Waals surface area contributed by atoms with Gasteiger partial charge in [0.15, 0.2) is 10.8 Å². The molecule has 0 aliphatic carbocycles. The van der Waals surface area contributed by atoms with Crippen molar-refractivity contribution in [1.82, 2.24) is 9.80 Å². The van der Waals surface area contributed by atoms with Crippen LogP contribution >= 0.6 is 30.9 Å². The van der Waals surface area contributed by atoms with Crippen molar-refractivity contribution in [3.8, 4) is 10.8 Å². The predicted octanol–water partition coefficient (Wildman–Crippen LogP) is 4.54. The second-order valence-electron chi connectivity index (χ2n) is 9.91. The van der Waals surface area contributed by atoms with Crippen molar-refractivity contribution in [3.63, 3.8) is 0 Å². The summed E-state index contributed by atoms with van der Waals surface area (Å²) in [6, 6.07) is 8.35. The Morgan fingerprint density at radius 2 is 1.81 bits per heavy atom. The molecule has 13 heteroatoms. The number of phosphoric acid groups is 1. The Morgan fingerprint density at radius 1 is 1.19 bits per heavy atom. The van der Waals surface area contributed by atoms with E-state index in [4.69, 9.17) is 29.0 Å². The van der Waals surface area contributed by atoms with E-state index in [1.54, 1.807) is 25.2 Å². The van der Waals surface area contributed by atoms with Crippen LogP contribution in [0.4, 0.5) is 5.69 Å². The first-order valence-electron chi connectivity index (χ1n) is 11.8. The number of piperazine rings is 1. The van der Waals surface area contributed by atoms with E-state index < -0.39 is 19.2 Å². The zero-order chi connectivity index (χ0) is 27.5. The van der Waals surface area contributed by atoms with Gasteiger partial charge in [0.05, 0.1) is 15.2 Å². The van der Waals surface area contributed by atoms with Crippen molar-refractivity contribution in [2.24, 2.45) is 10.4 Å². The molecule has 4 N–H and O–H groups in total. The zero-order valence-corrected chi connectivity index (χ0v) is 24.1. The Labute approximate surface area is 225 Å². The lowest BCUT2D eigenvalue weighted by molar-refractivity contribution is -0.148. The molecule has 1 aromatic heterocycles. The van der Waals surface area contributed by atoms with Crippen LogP contribution in [0.25, 0.3) is 0 Å². The van der Waals surface area contributed by atoms with E-state index in [-0.39, 0.29) is 0 Å². The molecule has 10 nitrogen and oxygen atoms in total. The van der Waals surface area contributed by atoms with Gasteiger partial charge in [0.1, 0.15) is 11.5 Å². The number of aliphatic imine (C=N–C) groups is 1. The monoisotopic (exact) mass is 571 g/mol. The van der Waals surface area contributed by atoms with E-state index in [1.165, 1.54) is 4.21 Å². The number of thioether (sulfide) groups is 1. The average Bonchev–Trinajstić information content (AvgIpc) is 3.06. The number of aryl methyl sites for hydroxylation is 1. The number of nitrogens with zero attached hydrogens (tertiary/aromatic N) is 3. The van der Waals surface area contributed by atoms with Gasteiger partial charge in [-0.25, -0.2) is 9.56 Å². The first kappa shape index (κ1) is 29.6. The summed E-state index contributed by atoms with van der Waals surface area (Å²) in [7, 11) is -4.64. The van der Waals surface area contributed by atoms with Crippen LogP contribution in [-0.2, 0) is 9.36 Å². The largest absolute Gasteiger partial charge is 0.481 e. The minimum absolute atomic E-state index is 0.494. The number of hydrogen-bond donors (Lipinski definition) is 4. The lowest BCUT2D eigenvalue weighted by atomic mass is 9.93. The minimum atomic E-state index is -4.64. The van der Waals surface area contributed by atoms with E-state index in [2.05, 4.69) is 42.7 Å². The van der Waals surface area contributed by atoms with Crippen molar-refractivity contribution in [3.05, 3.63) is 35.4 Å². The van der Waals surface area contributed by atoms with Gasteiger partial charge in [0.2, 0.25) is 0 Å². The van der Waals surface area contributed by atoms with Gasteiger partial charge in [-0.15, -0.1) is 11.8 Å². The number of thiophene rings is 1. The molecule has 1 aromatic carbocycles. The molecule has 0 bridgehead atoms. The van der Waals surface area contributed by atoms with Crippen LogP contribution in [0.5, 0.6) is 10.8 Å². The zero-order valence-electron chi connectivity index (χ0n) is 21.5. The summed E-state index contributed by atoms with van der Waals surface area (Å²) in [5.74, 6) is 0.993. The quantitative estimate of drug-likeness (QED) is 0.298. The number of carboxylic acid groups (broad SMARTS) is 1. The summed E-state index contributed by atoms with van der Waals surface area (Å²) >= 11 is 3.53. The van der Waals surface area contributed by atoms with Gasteiger partial charge in [-0.2, -0.15) is 0 Å². The third-order valence-electron chi connectivity index (χ3n) is 5.68. The van der Waals surface area contributed by atoms with E-state index in [1.807, 2.05) is 23.9 Å². The molecular formula is C24H34N3O7PS2. The highest BCUT2D eigenvalue weighted by Crippen LogP contribution is 2.46. The highest BCUT2D eigenvalue weighted by atomic mass is 32.2. The number of carboxylic acids is 1. The molecule has 0 atom stereocenters. The first-order valence-corrected chi connectivity index (χ1v) is 15.1. The first-order chi connectivity index (χ1) is 17.1. The summed E-state index contributed by atoms with van der Waals surface area (Å²) in [5.41, 5.74) is 2.29. The van der Waals surface area contributed by atoms with Gasteiger partial charge in [-0.05, 0) is 44.5 Å². The summed E-state index contributed by atoms with van der Waals surface area (Å²) in [6.07, 6.45) is 0. The molecule has 204 valence electrons. The Kier molecular flexibility index (Phi) is 9.50. The number of carbonyl (C=O) groups is 1. The standard InChI is InChI=1S/C24H31N3O3S2.H3O4P/c1-15(2)31-20-13-17-21(25-18-7-6-16(3)12-19(18)30-22(17)32-20)27-10-8-26(9-11-27)14-24(4,5)23(28)29;1-5(2,3)4/h6-7,12-13,15H,8-11,14H2,1-5H3,(H,28,29);(H3,1,2,3,4). The number of hydrogen-bond acceptors (Lipinski definition) is 8. The number of ether oxygens (including phenoxy) is 1. The molecule has 3 heterocycles. The van der Waals surface area contributed by atoms with Crippen LogP contribution < -0.4 is 4.74 Å². The normalized spacial score (nSPS) is 16.1. The van der Waals surface area contributed by atoms with Gasteiger partial charge in [-0.1, -0.05) is 31.3 Å². The molecule has 0 saturated carbocycles. The lowest BCUT2D eigenvalue weighted by Gasteiger charge is -2.38. The molecule has 2 aliphatic heterocycles. The number of aliphatic carboxylic acids is 1. The summed E-state index contributed by atoms with van der Waals surface area (Å²) < 4.78 is 16.5. The number of amidine groups is 1. The van der Waals surface area contributed by atoms with Gasteiger partial charge in [0.25, 0.3) is 0 Å². The molecule has 1 saturated heterocycles. The second-order valence-corrected chi connectivity index (χ2v) is 13.8. The third-order valence-corrected chi connectivity index (χ3v) is 7.85. The van der Waals surface area contributed by atoms with Crippen LogP contribution in [0.3, 0.4) is 0 Å². The second kappa shape index (κ2) is 11.9. The van der Waals surface area contributed by atoms with Crippen LogP contribution in [-0.4, -0.2) is 79.4 Å². The maximum Gasteiger partial charge on any atom is 0.466 e. The molecule has 0 unspecified atom stereocenters. The Balaban J connectivity index is 0.000000695. The number of benzene rings is 1. The molecule has 0 spiro atoms. The van der Waals surface area contributed by atoms with Crippen molar-refractivity contribution in [2.45, 2.75) is 44.1 Å². The van der Waals surface area contributed by atoms with Crippen molar-refractivity contribution < 1.29 is 33.9 Å². The van der Waals surface area contributed by atoms with Crippen LogP contribution in [0.1, 0.15) is 38.8 Å². The van der Waals surface area contributed by atoms with Crippen molar-refractivity contribution in [1.29, 1.82) is 0 Å². The van der Waals surface area contributed by atoms with Crippen molar-refractivity contribution in [2.75, 3.05) is 32.7 Å². The summed E-state index contributed by atoms with van der Waals surface area (Å²) in [4.78, 5) is 42.7. The maximum atomic E-state index is 11.5. The van der Waals surface area contributed by atoms with Gasteiger partial charge in [0, 0.05) is 38.0 Å². The van der Waals surface area contributed by atoms with E-state index in [9.17, 15) is 9.90 Å². The third kappa shape index (κ3) is 8.54. The highest BCUT2D eigenvalue weighted by molar-refractivity contribution is 8.01. The topological polar surface area (TPSA) is 143 Å². The lowest BCUT2D eigenvalue weighted by Crippen LogP contribution is -2.51. The molecule has 2 aliphatic rings. The fraction of sp³-hybridized carbons (Fsp3) is 0.500. The summed E-state index contributed by atoms with van der Waals surface area (Å²) in [6.45, 7) is 13.8. The van der Waals surface area contributed by atoms with E-state index in [0.29, 0.717) is 11.8 Å². The van der Waals surface area contributed by atoms with Gasteiger partial charge >= 0.3 is 13.8 Å². The smallest absolute Gasteiger partial charge is 0.466 e. The molecule has 0 amide bonds. The fourth-order valence-electron chi connectivity index (χ4n) is 3.93. The van der Waals surface area contributed by atoms with Crippen LogP contribution in [0.15, 0.2) is 33.5 Å². The van der Waals surface area contributed by atoms with E-state index >= 15 is 0 Å². The molecule has 0 radical (unpaired) electrons. The fourth-order valence-corrected chi connectivity index (χ4v) is 6.33. The Bertz CT molecular complexity index is 1190. The molecular weight excluding hydrogens is 537 g/mol. The molecule has 1 fully saturated rings. The maximum absolute atomic E-state index is 11.5. The van der Waals surface area contributed by atoms with Gasteiger partial charge in [-0.3, -0.25) is 9.69 Å². The predicted molar refractivity (Wildman–Crippen MR) is 146 cm³/mol. The van der Waals surface area contributed by atoms with Crippen LogP contribution in [0, 0.1) is 12.3 Å². The van der Waals surface area contributed by atoms with Gasteiger partial charge < -0.3 is 29.4 Å². The Morgan fingerprint density at radius 3 is 2.38 bits per heavy atom. The Hall–Kier alpha value is -1.92. The van der Waals surface area contributed by atoms with Crippen LogP contribution in [0.2, 0.25) is 0 Å². The number of fused-ring (bicyclic) bond motifs is 2. The van der Waals surface area contributed by atoms with E-state index in [0.717, 1.165) is 59.6 Å².